The van der Waals surface area contributed by atoms with E-state index < -0.39 is 9.84 Å². The highest BCUT2D eigenvalue weighted by Gasteiger charge is 2.14. The van der Waals surface area contributed by atoms with Gasteiger partial charge in [0.1, 0.15) is 0 Å². The fourth-order valence-corrected chi connectivity index (χ4v) is 3.77. The Bertz CT molecular complexity index is 831. The second-order valence-corrected chi connectivity index (χ2v) is 8.59. The minimum atomic E-state index is -3.38. The first-order valence-corrected chi connectivity index (χ1v) is 10.2. The van der Waals surface area contributed by atoms with Crippen LogP contribution < -0.4 is 10.6 Å². The van der Waals surface area contributed by atoms with Crippen molar-refractivity contribution in [2.75, 3.05) is 18.8 Å². The molecule has 0 fully saturated rings. The van der Waals surface area contributed by atoms with Gasteiger partial charge in [-0.25, -0.2) is 13.2 Å². The van der Waals surface area contributed by atoms with E-state index in [1.165, 1.54) is 0 Å². The van der Waals surface area contributed by atoms with Gasteiger partial charge in [0, 0.05) is 25.3 Å². The predicted octanol–water partition coefficient (Wildman–Crippen LogP) is 1.91. The van der Waals surface area contributed by atoms with E-state index in [4.69, 9.17) is 0 Å². The van der Waals surface area contributed by atoms with E-state index >= 15 is 0 Å². The number of benzene rings is 1. The Labute approximate surface area is 154 Å². The minimum Gasteiger partial charge on any atom is -0.338 e. The number of hydrogen-bond donors (Lipinski definition) is 2. The number of sulfone groups is 1. The molecule has 1 unspecified atom stereocenters. The summed E-state index contributed by atoms with van der Waals surface area (Å²) in [4.78, 5) is 12.1. The number of aryl methyl sites for hydroxylation is 2. The average molecular weight is 378 g/mol. The molecule has 1 heterocycles. The first-order chi connectivity index (χ1) is 12.3. The molecule has 1 aromatic heterocycles. The lowest BCUT2D eigenvalue weighted by Gasteiger charge is -2.14. The molecule has 0 aliphatic rings. The summed E-state index contributed by atoms with van der Waals surface area (Å²) in [6.07, 6.45) is 0. The fourth-order valence-electron chi connectivity index (χ4n) is 2.59. The molecule has 142 valence electrons. The maximum absolute atomic E-state index is 12.1. The van der Waals surface area contributed by atoms with Crippen LogP contribution in [0.1, 0.15) is 18.3 Å². The summed E-state index contributed by atoms with van der Waals surface area (Å²) in [7, 11) is -3.38. The van der Waals surface area contributed by atoms with Gasteiger partial charge in [0.05, 0.1) is 16.3 Å². The molecule has 0 aliphatic heterocycles. The predicted molar refractivity (Wildman–Crippen MR) is 101 cm³/mol. The first-order valence-electron chi connectivity index (χ1n) is 8.58. The van der Waals surface area contributed by atoms with Crippen molar-refractivity contribution >= 4 is 15.9 Å². The molecule has 0 bridgehead atoms. The van der Waals surface area contributed by atoms with Crippen molar-refractivity contribution in [2.24, 2.45) is 5.92 Å². The second-order valence-electron chi connectivity index (χ2n) is 6.48. The summed E-state index contributed by atoms with van der Waals surface area (Å²) < 4.78 is 26.2. The van der Waals surface area contributed by atoms with Crippen molar-refractivity contribution in [3.8, 4) is 0 Å². The summed E-state index contributed by atoms with van der Waals surface area (Å²) >= 11 is 0. The van der Waals surface area contributed by atoms with Crippen LogP contribution in [0.2, 0.25) is 0 Å². The molecule has 0 saturated heterocycles. The van der Waals surface area contributed by atoms with Crippen LogP contribution in [0, 0.1) is 19.8 Å². The zero-order chi connectivity index (χ0) is 19.2. The Balaban J connectivity index is 1.71. The van der Waals surface area contributed by atoms with E-state index in [1.54, 1.807) is 30.3 Å². The third-order valence-corrected chi connectivity index (χ3v) is 5.69. The quantitative estimate of drug-likeness (QED) is 0.734. The molecule has 7 nitrogen and oxygen atoms in total. The molecule has 26 heavy (non-hydrogen) atoms. The number of carbonyl (C=O) groups is 1. The Morgan fingerprint density at radius 3 is 2.50 bits per heavy atom. The van der Waals surface area contributed by atoms with Crippen molar-refractivity contribution in [2.45, 2.75) is 32.2 Å². The van der Waals surface area contributed by atoms with Gasteiger partial charge in [0.2, 0.25) is 0 Å². The zero-order valence-corrected chi connectivity index (χ0v) is 16.2. The Morgan fingerprint density at radius 1 is 1.19 bits per heavy atom. The summed E-state index contributed by atoms with van der Waals surface area (Å²) in [5.74, 6) is 0.0676. The molecule has 8 heteroatoms. The Hall–Kier alpha value is -2.35. The largest absolute Gasteiger partial charge is 0.338 e. The zero-order valence-electron chi connectivity index (χ0n) is 15.4. The smallest absolute Gasteiger partial charge is 0.314 e. The van der Waals surface area contributed by atoms with Crippen molar-refractivity contribution < 1.29 is 13.2 Å². The van der Waals surface area contributed by atoms with Crippen LogP contribution in [0.25, 0.3) is 0 Å². The van der Waals surface area contributed by atoms with Gasteiger partial charge in [-0.2, -0.15) is 5.10 Å². The second kappa shape index (κ2) is 8.84. The van der Waals surface area contributed by atoms with Gasteiger partial charge in [0.15, 0.2) is 9.84 Å². The van der Waals surface area contributed by atoms with Crippen molar-refractivity contribution in [3.63, 3.8) is 0 Å². The molecular formula is C18H26N4O3S. The van der Waals surface area contributed by atoms with Crippen LogP contribution in [0.5, 0.6) is 0 Å². The SMILES string of the molecule is Cc1cc(C)n(CC(C)CNC(=O)NCCS(=O)(=O)c2ccccc2)n1. The molecular weight excluding hydrogens is 352 g/mol. The highest BCUT2D eigenvalue weighted by atomic mass is 32.2. The number of urea groups is 1. The number of nitrogens with one attached hydrogen (secondary N) is 2. The molecule has 0 saturated carbocycles. The third kappa shape index (κ3) is 5.87. The number of hydrogen-bond acceptors (Lipinski definition) is 4. The molecule has 0 radical (unpaired) electrons. The van der Waals surface area contributed by atoms with E-state index in [0.29, 0.717) is 13.1 Å². The van der Waals surface area contributed by atoms with E-state index in [9.17, 15) is 13.2 Å². The number of nitrogens with zero attached hydrogens (tertiary/aromatic N) is 2. The van der Waals surface area contributed by atoms with Crippen LogP contribution in [-0.2, 0) is 16.4 Å². The highest BCUT2D eigenvalue weighted by Crippen LogP contribution is 2.09. The van der Waals surface area contributed by atoms with Crippen molar-refractivity contribution in [1.82, 2.24) is 20.4 Å². The van der Waals surface area contributed by atoms with E-state index in [-0.39, 0.29) is 29.1 Å². The molecule has 0 aliphatic carbocycles. The summed E-state index contributed by atoms with van der Waals surface area (Å²) in [6.45, 7) is 7.23. The van der Waals surface area contributed by atoms with Gasteiger partial charge in [-0.3, -0.25) is 4.68 Å². The van der Waals surface area contributed by atoms with Gasteiger partial charge < -0.3 is 10.6 Å². The highest BCUT2D eigenvalue weighted by molar-refractivity contribution is 7.91. The standard InChI is InChI=1S/C18H26N4O3S/c1-14(13-22-16(3)11-15(2)21-22)12-20-18(23)19-9-10-26(24,25)17-7-5-4-6-8-17/h4-8,11,14H,9-10,12-13H2,1-3H3,(H2,19,20,23). The molecule has 2 rings (SSSR count). The summed E-state index contributed by atoms with van der Waals surface area (Å²) in [5, 5.41) is 9.76. The number of rotatable bonds is 8. The van der Waals surface area contributed by atoms with E-state index in [1.807, 2.05) is 31.5 Å². The topological polar surface area (TPSA) is 93.1 Å². The van der Waals surface area contributed by atoms with Crippen LogP contribution in [0.15, 0.2) is 41.3 Å². The summed E-state index contributed by atoms with van der Waals surface area (Å²) in [5.41, 5.74) is 2.06. The van der Waals surface area contributed by atoms with Crippen LogP contribution in [0.3, 0.4) is 0 Å². The Morgan fingerprint density at radius 2 is 1.88 bits per heavy atom. The number of amides is 2. The van der Waals surface area contributed by atoms with Crippen LogP contribution in [0.4, 0.5) is 4.79 Å². The van der Waals surface area contributed by atoms with Crippen molar-refractivity contribution in [3.05, 3.63) is 47.8 Å². The van der Waals surface area contributed by atoms with Gasteiger partial charge in [-0.15, -0.1) is 0 Å². The number of aromatic nitrogens is 2. The molecule has 2 amide bonds. The lowest BCUT2D eigenvalue weighted by molar-refractivity contribution is 0.239. The maximum Gasteiger partial charge on any atom is 0.314 e. The van der Waals surface area contributed by atoms with E-state index in [2.05, 4.69) is 15.7 Å². The van der Waals surface area contributed by atoms with Gasteiger partial charge in [-0.05, 0) is 38.0 Å². The maximum atomic E-state index is 12.1. The molecule has 2 aromatic rings. The first kappa shape index (κ1) is 20.0. The lowest BCUT2D eigenvalue weighted by Crippen LogP contribution is -2.40. The molecule has 1 atom stereocenters. The van der Waals surface area contributed by atoms with Gasteiger partial charge in [0.25, 0.3) is 0 Å². The Kier molecular flexibility index (Phi) is 6.79. The average Bonchev–Trinajstić information content (AvgIpc) is 2.91. The summed E-state index contributed by atoms with van der Waals surface area (Å²) in [6, 6.07) is 9.87. The minimum absolute atomic E-state index is 0.0644. The number of carbonyl (C=O) groups excluding carboxylic acids is 1. The van der Waals surface area contributed by atoms with E-state index in [0.717, 1.165) is 11.4 Å². The van der Waals surface area contributed by atoms with Crippen LogP contribution in [-0.4, -0.2) is 43.1 Å². The van der Waals surface area contributed by atoms with Gasteiger partial charge >= 0.3 is 6.03 Å². The third-order valence-electron chi connectivity index (χ3n) is 3.96. The van der Waals surface area contributed by atoms with Crippen LogP contribution >= 0.6 is 0 Å². The lowest BCUT2D eigenvalue weighted by atomic mass is 10.2. The fraction of sp³-hybridized carbons (Fsp3) is 0.444. The molecule has 0 spiro atoms. The molecule has 1 aromatic carbocycles. The van der Waals surface area contributed by atoms with Crippen molar-refractivity contribution in [1.29, 1.82) is 0 Å². The normalized spacial score (nSPS) is 12.6. The monoisotopic (exact) mass is 378 g/mol. The molecule has 2 N–H and O–H groups in total. The van der Waals surface area contributed by atoms with Gasteiger partial charge in [-0.1, -0.05) is 25.1 Å².